The van der Waals surface area contributed by atoms with Crippen molar-refractivity contribution in [3.8, 4) is 11.8 Å². The van der Waals surface area contributed by atoms with Crippen molar-refractivity contribution in [1.29, 1.82) is 5.26 Å². The fourth-order valence-corrected chi connectivity index (χ4v) is 3.61. The van der Waals surface area contributed by atoms with Crippen LogP contribution in [0.1, 0.15) is 22.4 Å². The Kier molecular flexibility index (Phi) is 4.56. The number of hydrogen-bond acceptors (Lipinski definition) is 3. The molecule has 4 rings (SSSR count). The highest BCUT2D eigenvalue weighted by molar-refractivity contribution is 6.30. The highest BCUT2D eigenvalue weighted by Gasteiger charge is 2.23. The second-order valence-electron chi connectivity index (χ2n) is 6.58. The fourth-order valence-electron chi connectivity index (χ4n) is 3.41. The van der Waals surface area contributed by atoms with Crippen molar-refractivity contribution >= 4 is 11.6 Å². The molecule has 27 heavy (non-hydrogen) atoms. The number of nitrogens with one attached hydrogen (secondary N) is 1. The molecule has 0 amide bonds. The topological polar surface area (TPSA) is 64.8 Å². The summed E-state index contributed by atoms with van der Waals surface area (Å²) >= 11 is 5.86. The van der Waals surface area contributed by atoms with Gasteiger partial charge in [-0.3, -0.25) is 14.8 Å². The number of H-pyrrole nitrogens is 1. The van der Waals surface area contributed by atoms with Gasteiger partial charge in [-0.05, 0) is 42.3 Å². The van der Waals surface area contributed by atoms with Crippen LogP contribution in [0.4, 0.5) is 4.39 Å². The lowest BCUT2D eigenvalue weighted by molar-refractivity contribution is 0.242. The number of aromatic nitrogens is 2. The normalized spacial score (nSPS) is 14.0. The maximum atomic E-state index is 13.3. The molecule has 1 aromatic heterocycles. The summed E-state index contributed by atoms with van der Waals surface area (Å²) in [5.74, 6) is -0.428. The van der Waals surface area contributed by atoms with Crippen molar-refractivity contribution in [2.45, 2.75) is 19.5 Å². The zero-order chi connectivity index (χ0) is 19.0. The molecule has 7 heteroatoms. The molecule has 0 fully saturated rings. The molecule has 1 N–H and O–H groups in total. The smallest absolute Gasteiger partial charge is 0.274 e. The summed E-state index contributed by atoms with van der Waals surface area (Å²) in [4.78, 5) is 14.9. The Hall–Kier alpha value is -2.88. The van der Waals surface area contributed by atoms with Gasteiger partial charge < -0.3 is 0 Å². The van der Waals surface area contributed by atoms with Crippen molar-refractivity contribution in [3.63, 3.8) is 0 Å². The highest BCUT2D eigenvalue weighted by Crippen LogP contribution is 2.21. The first-order valence-electron chi connectivity index (χ1n) is 8.55. The fraction of sp³-hybridized carbons (Fsp3) is 0.200. The Morgan fingerprint density at radius 2 is 2.11 bits per heavy atom. The lowest BCUT2D eigenvalue weighted by Gasteiger charge is -2.26. The van der Waals surface area contributed by atoms with E-state index in [0.29, 0.717) is 30.8 Å². The number of fused-ring (bicyclic) bond motifs is 1. The number of rotatable bonds is 3. The third-order valence-electron chi connectivity index (χ3n) is 4.76. The maximum Gasteiger partial charge on any atom is 0.274 e. The minimum Gasteiger partial charge on any atom is -0.293 e. The Balaban J connectivity index is 1.59. The second kappa shape index (κ2) is 7.03. The molecule has 2 aromatic carbocycles. The van der Waals surface area contributed by atoms with Gasteiger partial charge in [-0.15, -0.1) is 0 Å². The average molecular weight is 383 g/mol. The van der Waals surface area contributed by atoms with Gasteiger partial charge in [0.05, 0.1) is 28.0 Å². The molecule has 0 bridgehead atoms. The van der Waals surface area contributed by atoms with Crippen LogP contribution in [0.25, 0.3) is 5.69 Å². The quantitative estimate of drug-likeness (QED) is 0.755. The van der Waals surface area contributed by atoms with Gasteiger partial charge in [0.25, 0.3) is 5.56 Å². The summed E-state index contributed by atoms with van der Waals surface area (Å²) in [7, 11) is 0. The van der Waals surface area contributed by atoms with Crippen molar-refractivity contribution in [2.75, 3.05) is 6.54 Å². The van der Waals surface area contributed by atoms with Gasteiger partial charge in [0.2, 0.25) is 0 Å². The van der Waals surface area contributed by atoms with Gasteiger partial charge in [-0.25, -0.2) is 9.07 Å². The van der Waals surface area contributed by atoms with Crippen molar-refractivity contribution in [1.82, 2.24) is 14.7 Å². The van der Waals surface area contributed by atoms with Crippen LogP contribution < -0.4 is 5.56 Å². The summed E-state index contributed by atoms with van der Waals surface area (Å²) < 4.78 is 14.8. The molecule has 2 heterocycles. The predicted molar refractivity (Wildman–Crippen MR) is 100 cm³/mol. The molecule has 0 atom stereocenters. The molecule has 3 aromatic rings. The van der Waals surface area contributed by atoms with Gasteiger partial charge >= 0.3 is 0 Å². The summed E-state index contributed by atoms with van der Waals surface area (Å²) in [6.07, 6.45) is 0.629. The van der Waals surface area contributed by atoms with Gasteiger partial charge in [-0.2, -0.15) is 5.26 Å². The van der Waals surface area contributed by atoms with E-state index in [4.69, 9.17) is 16.9 Å². The second-order valence-corrected chi connectivity index (χ2v) is 6.99. The number of nitrogens with zero attached hydrogens (tertiary/aromatic N) is 3. The summed E-state index contributed by atoms with van der Waals surface area (Å²) in [5, 5.41) is 12.4. The zero-order valence-corrected chi connectivity index (χ0v) is 15.1. The van der Waals surface area contributed by atoms with E-state index in [1.165, 1.54) is 10.7 Å². The predicted octanol–water partition coefficient (Wildman–Crippen LogP) is 3.39. The lowest BCUT2D eigenvalue weighted by atomic mass is 10.1. The molecule has 0 unspecified atom stereocenters. The van der Waals surface area contributed by atoms with E-state index in [1.807, 2.05) is 0 Å². The average Bonchev–Trinajstić information content (AvgIpc) is 3.01. The first-order valence-corrected chi connectivity index (χ1v) is 8.92. The SMILES string of the molecule is N#Cc1cccc(-n2[nH]c3c(c2=O)CCN(Cc2ccc(F)c(Cl)c2)C3)c1. The van der Waals surface area contributed by atoms with Gasteiger partial charge in [0.1, 0.15) is 5.82 Å². The molecule has 0 saturated heterocycles. The van der Waals surface area contributed by atoms with E-state index in [0.717, 1.165) is 23.4 Å². The Labute approximate surface area is 160 Å². The van der Waals surface area contributed by atoms with Crippen LogP contribution in [0.5, 0.6) is 0 Å². The van der Waals surface area contributed by atoms with Crippen molar-refractivity contribution in [3.05, 3.63) is 86.0 Å². The first-order chi connectivity index (χ1) is 13.0. The zero-order valence-electron chi connectivity index (χ0n) is 14.4. The standard InChI is InChI=1S/C20H16ClFN4O/c21-17-9-14(4-5-18(17)22)11-25-7-6-16-19(12-25)24-26(20(16)27)15-3-1-2-13(8-15)10-23/h1-5,8-9,24H,6-7,11-12H2. The summed E-state index contributed by atoms with van der Waals surface area (Å²) in [6, 6.07) is 13.7. The third kappa shape index (κ3) is 3.39. The van der Waals surface area contributed by atoms with Crippen LogP contribution in [0.3, 0.4) is 0 Å². The minimum absolute atomic E-state index is 0.0791. The molecular formula is C20H16ClFN4O. The molecule has 1 aliphatic rings. The molecule has 5 nitrogen and oxygen atoms in total. The van der Waals surface area contributed by atoms with Crippen molar-refractivity contribution in [2.24, 2.45) is 0 Å². The largest absolute Gasteiger partial charge is 0.293 e. The van der Waals surface area contributed by atoms with E-state index in [9.17, 15) is 9.18 Å². The number of hydrogen-bond donors (Lipinski definition) is 1. The number of halogens is 2. The van der Waals surface area contributed by atoms with E-state index in [2.05, 4.69) is 16.1 Å². The van der Waals surface area contributed by atoms with Crippen LogP contribution in [0, 0.1) is 17.1 Å². The molecule has 1 aliphatic heterocycles. The molecule has 0 aliphatic carbocycles. The lowest BCUT2D eigenvalue weighted by Crippen LogP contribution is -2.31. The molecule has 0 radical (unpaired) electrons. The molecule has 0 saturated carbocycles. The van der Waals surface area contributed by atoms with Crippen LogP contribution in [0.2, 0.25) is 5.02 Å². The third-order valence-corrected chi connectivity index (χ3v) is 5.05. The Morgan fingerprint density at radius 3 is 2.89 bits per heavy atom. The van der Waals surface area contributed by atoms with Gasteiger partial charge in [0, 0.05) is 25.2 Å². The van der Waals surface area contributed by atoms with Crippen LogP contribution in [-0.4, -0.2) is 21.2 Å². The first kappa shape index (κ1) is 17.5. The van der Waals surface area contributed by atoms with Crippen LogP contribution in [-0.2, 0) is 19.5 Å². The Morgan fingerprint density at radius 1 is 1.26 bits per heavy atom. The van der Waals surface area contributed by atoms with Gasteiger partial charge in [-0.1, -0.05) is 23.7 Å². The number of aromatic amines is 1. The number of nitriles is 1. The van der Waals surface area contributed by atoms with E-state index >= 15 is 0 Å². The molecular weight excluding hydrogens is 367 g/mol. The molecule has 0 spiro atoms. The molecule has 136 valence electrons. The minimum atomic E-state index is -0.428. The van der Waals surface area contributed by atoms with Gasteiger partial charge in [0.15, 0.2) is 0 Å². The number of benzene rings is 2. The van der Waals surface area contributed by atoms with E-state index in [1.54, 1.807) is 36.4 Å². The summed E-state index contributed by atoms with van der Waals surface area (Å²) in [5.41, 5.74) is 3.62. The highest BCUT2D eigenvalue weighted by atomic mass is 35.5. The van der Waals surface area contributed by atoms with Crippen molar-refractivity contribution < 1.29 is 4.39 Å². The van der Waals surface area contributed by atoms with E-state index < -0.39 is 5.82 Å². The monoisotopic (exact) mass is 382 g/mol. The maximum absolute atomic E-state index is 13.3. The van der Waals surface area contributed by atoms with Crippen LogP contribution in [0.15, 0.2) is 47.3 Å². The summed E-state index contributed by atoms with van der Waals surface area (Å²) in [6.45, 7) is 1.94. The Bertz CT molecular complexity index is 1110. The van der Waals surface area contributed by atoms with Crippen LogP contribution >= 0.6 is 11.6 Å². The van der Waals surface area contributed by atoms with E-state index in [-0.39, 0.29) is 10.6 Å².